The SMILES string of the molecule is Cc1cnn(CCC(=O)NCc2ccc(CN3CCCC(C)C3)cc2)c1. The zero-order valence-corrected chi connectivity index (χ0v) is 15.9. The van der Waals surface area contributed by atoms with Gasteiger partial charge in [0.25, 0.3) is 0 Å². The van der Waals surface area contributed by atoms with Gasteiger partial charge < -0.3 is 5.32 Å². The van der Waals surface area contributed by atoms with Gasteiger partial charge in [-0.2, -0.15) is 5.10 Å². The van der Waals surface area contributed by atoms with Gasteiger partial charge in [-0.05, 0) is 48.9 Å². The van der Waals surface area contributed by atoms with Crippen LogP contribution in [0, 0.1) is 12.8 Å². The van der Waals surface area contributed by atoms with E-state index in [1.807, 2.05) is 24.0 Å². The van der Waals surface area contributed by atoms with Gasteiger partial charge in [0.2, 0.25) is 5.91 Å². The average Bonchev–Trinajstić information content (AvgIpc) is 3.05. The van der Waals surface area contributed by atoms with Crippen LogP contribution in [0.3, 0.4) is 0 Å². The number of amides is 1. The summed E-state index contributed by atoms with van der Waals surface area (Å²) in [5.74, 6) is 0.869. The van der Waals surface area contributed by atoms with Gasteiger partial charge in [0.05, 0.1) is 6.20 Å². The molecule has 1 atom stereocenters. The minimum atomic E-state index is 0.0598. The highest BCUT2D eigenvalue weighted by Gasteiger charge is 2.16. The lowest BCUT2D eigenvalue weighted by molar-refractivity contribution is -0.121. The fraction of sp³-hybridized carbons (Fsp3) is 0.524. The second-order valence-corrected chi connectivity index (χ2v) is 7.61. The van der Waals surface area contributed by atoms with Crippen molar-refractivity contribution in [1.82, 2.24) is 20.0 Å². The number of nitrogens with zero attached hydrogens (tertiary/aromatic N) is 3. The summed E-state index contributed by atoms with van der Waals surface area (Å²) in [6.45, 7) is 8.97. The van der Waals surface area contributed by atoms with Gasteiger partial charge in [0.1, 0.15) is 0 Å². The fourth-order valence-corrected chi connectivity index (χ4v) is 3.55. The Labute approximate surface area is 156 Å². The molecule has 5 heteroatoms. The minimum absolute atomic E-state index is 0.0598. The molecule has 0 aliphatic carbocycles. The summed E-state index contributed by atoms with van der Waals surface area (Å²) in [5.41, 5.74) is 3.61. The van der Waals surface area contributed by atoms with Gasteiger partial charge in [0.15, 0.2) is 0 Å². The van der Waals surface area contributed by atoms with Crippen molar-refractivity contribution in [2.75, 3.05) is 13.1 Å². The number of aromatic nitrogens is 2. The van der Waals surface area contributed by atoms with E-state index in [2.05, 4.69) is 46.5 Å². The smallest absolute Gasteiger partial charge is 0.222 e. The summed E-state index contributed by atoms with van der Waals surface area (Å²) < 4.78 is 1.81. The Morgan fingerprint density at radius 2 is 2.04 bits per heavy atom. The number of carbonyl (C=O) groups is 1. The molecule has 26 heavy (non-hydrogen) atoms. The normalized spacial score (nSPS) is 18.0. The summed E-state index contributed by atoms with van der Waals surface area (Å²) >= 11 is 0. The average molecular weight is 354 g/mol. The third kappa shape index (κ3) is 5.70. The van der Waals surface area contributed by atoms with Crippen LogP contribution in [0.5, 0.6) is 0 Å². The summed E-state index contributed by atoms with van der Waals surface area (Å²) in [7, 11) is 0. The first-order valence-electron chi connectivity index (χ1n) is 9.64. The van der Waals surface area contributed by atoms with E-state index < -0.39 is 0 Å². The maximum absolute atomic E-state index is 12.0. The summed E-state index contributed by atoms with van der Waals surface area (Å²) in [6.07, 6.45) is 6.88. The molecule has 1 aliphatic heterocycles. The van der Waals surface area contributed by atoms with Crippen molar-refractivity contribution in [2.45, 2.75) is 52.7 Å². The molecule has 1 aliphatic rings. The maximum Gasteiger partial charge on any atom is 0.222 e. The zero-order valence-electron chi connectivity index (χ0n) is 15.9. The third-order valence-corrected chi connectivity index (χ3v) is 4.99. The van der Waals surface area contributed by atoms with E-state index in [4.69, 9.17) is 0 Å². The van der Waals surface area contributed by atoms with Gasteiger partial charge in [-0.1, -0.05) is 31.2 Å². The molecule has 0 bridgehead atoms. The van der Waals surface area contributed by atoms with Gasteiger partial charge >= 0.3 is 0 Å². The number of rotatable bonds is 7. The molecule has 1 aromatic carbocycles. The lowest BCUT2D eigenvalue weighted by atomic mass is 9.99. The van der Waals surface area contributed by atoms with E-state index in [1.165, 1.54) is 31.5 Å². The first kappa shape index (κ1) is 18.6. The molecule has 1 aromatic heterocycles. The number of nitrogens with one attached hydrogen (secondary N) is 1. The first-order valence-corrected chi connectivity index (χ1v) is 9.64. The minimum Gasteiger partial charge on any atom is -0.352 e. The molecular formula is C21H30N4O. The van der Waals surface area contributed by atoms with E-state index in [0.29, 0.717) is 19.5 Å². The van der Waals surface area contributed by atoms with E-state index >= 15 is 0 Å². The van der Waals surface area contributed by atoms with Crippen LogP contribution in [0.4, 0.5) is 0 Å². The number of carbonyl (C=O) groups excluding carboxylic acids is 1. The van der Waals surface area contributed by atoms with Crippen LogP contribution in [-0.2, 0) is 24.4 Å². The molecule has 2 heterocycles. The Hall–Kier alpha value is -2.14. The van der Waals surface area contributed by atoms with E-state index in [-0.39, 0.29) is 5.91 Å². The molecule has 1 unspecified atom stereocenters. The van der Waals surface area contributed by atoms with Crippen LogP contribution in [-0.4, -0.2) is 33.7 Å². The first-order chi connectivity index (χ1) is 12.6. The van der Waals surface area contributed by atoms with Crippen LogP contribution in [0.15, 0.2) is 36.7 Å². The van der Waals surface area contributed by atoms with Crippen LogP contribution in [0.25, 0.3) is 0 Å². The van der Waals surface area contributed by atoms with E-state index in [9.17, 15) is 4.79 Å². The standard InChI is InChI=1S/C21H30N4O/c1-17-4-3-10-24(14-17)16-20-7-5-19(6-8-20)13-22-21(26)9-11-25-15-18(2)12-23-25/h5-8,12,15,17H,3-4,9-11,13-14,16H2,1-2H3,(H,22,26). The van der Waals surface area contributed by atoms with Crippen molar-refractivity contribution >= 4 is 5.91 Å². The second kappa shape index (κ2) is 8.99. The Morgan fingerprint density at radius 3 is 2.73 bits per heavy atom. The molecule has 1 amide bonds. The van der Waals surface area contributed by atoms with Crippen molar-refractivity contribution in [3.05, 3.63) is 53.3 Å². The second-order valence-electron chi connectivity index (χ2n) is 7.61. The molecule has 3 rings (SSSR count). The Morgan fingerprint density at radius 1 is 1.27 bits per heavy atom. The van der Waals surface area contributed by atoms with Crippen molar-refractivity contribution < 1.29 is 4.79 Å². The Kier molecular flexibility index (Phi) is 6.45. The molecule has 2 aromatic rings. The molecule has 0 radical (unpaired) electrons. The highest BCUT2D eigenvalue weighted by atomic mass is 16.1. The molecule has 1 saturated heterocycles. The predicted molar refractivity (Wildman–Crippen MR) is 104 cm³/mol. The van der Waals surface area contributed by atoms with E-state index in [0.717, 1.165) is 23.6 Å². The van der Waals surface area contributed by atoms with Crippen molar-refractivity contribution in [3.8, 4) is 0 Å². The molecule has 0 spiro atoms. The maximum atomic E-state index is 12.0. The van der Waals surface area contributed by atoms with Crippen molar-refractivity contribution in [3.63, 3.8) is 0 Å². The molecule has 1 fully saturated rings. The quantitative estimate of drug-likeness (QED) is 0.831. The predicted octanol–water partition coefficient (Wildman–Crippen LogP) is 3.13. The fourth-order valence-electron chi connectivity index (χ4n) is 3.55. The monoisotopic (exact) mass is 354 g/mol. The molecule has 0 saturated carbocycles. The highest BCUT2D eigenvalue weighted by molar-refractivity contribution is 5.75. The molecule has 140 valence electrons. The summed E-state index contributed by atoms with van der Waals surface area (Å²) in [6, 6.07) is 8.63. The third-order valence-electron chi connectivity index (χ3n) is 4.99. The van der Waals surface area contributed by atoms with Gasteiger partial charge in [0, 0.05) is 38.8 Å². The molecule has 5 nitrogen and oxygen atoms in total. The van der Waals surface area contributed by atoms with Gasteiger partial charge in [-0.25, -0.2) is 0 Å². The topological polar surface area (TPSA) is 50.2 Å². The lowest BCUT2D eigenvalue weighted by Crippen LogP contribution is -2.33. The Bertz CT molecular complexity index is 707. The summed E-state index contributed by atoms with van der Waals surface area (Å²) in [5, 5.41) is 7.19. The van der Waals surface area contributed by atoms with Crippen LogP contribution >= 0.6 is 0 Å². The number of piperidine rings is 1. The summed E-state index contributed by atoms with van der Waals surface area (Å²) in [4.78, 5) is 14.5. The van der Waals surface area contributed by atoms with Crippen molar-refractivity contribution in [2.24, 2.45) is 5.92 Å². The Balaban J connectivity index is 1.40. The number of aryl methyl sites for hydroxylation is 2. The number of benzene rings is 1. The van der Waals surface area contributed by atoms with Crippen LogP contribution in [0.2, 0.25) is 0 Å². The van der Waals surface area contributed by atoms with Gasteiger partial charge in [-0.15, -0.1) is 0 Å². The van der Waals surface area contributed by atoms with Gasteiger partial charge in [-0.3, -0.25) is 14.4 Å². The largest absolute Gasteiger partial charge is 0.352 e. The highest BCUT2D eigenvalue weighted by Crippen LogP contribution is 2.18. The van der Waals surface area contributed by atoms with Crippen LogP contribution < -0.4 is 5.32 Å². The zero-order chi connectivity index (χ0) is 18.4. The van der Waals surface area contributed by atoms with Crippen molar-refractivity contribution in [1.29, 1.82) is 0 Å². The van der Waals surface area contributed by atoms with E-state index in [1.54, 1.807) is 0 Å². The number of hydrogen-bond acceptors (Lipinski definition) is 3. The molecular weight excluding hydrogens is 324 g/mol. The number of hydrogen-bond donors (Lipinski definition) is 1. The van der Waals surface area contributed by atoms with Crippen LogP contribution in [0.1, 0.15) is 42.9 Å². The lowest BCUT2D eigenvalue weighted by Gasteiger charge is -2.30. The number of likely N-dealkylation sites (tertiary alicyclic amines) is 1. The molecule has 1 N–H and O–H groups in total.